The lowest BCUT2D eigenvalue weighted by molar-refractivity contribution is -0.121. The molecular weight excluding hydrogens is 246 g/mol. The van der Waals surface area contributed by atoms with E-state index in [1.165, 1.54) is 6.07 Å². The number of rotatable bonds is 6. The van der Waals surface area contributed by atoms with Crippen LogP contribution in [-0.4, -0.2) is 34.7 Å². The van der Waals surface area contributed by atoms with E-state index in [2.05, 4.69) is 5.32 Å². The van der Waals surface area contributed by atoms with Crippen LogP contribution < -0.4 is 5.32 Å². The smallest absolute Gasteiger partial charge is 0.335 e. The second-order valence-electron chi connectivity index (χ2n) is 4.66. The maximum Gasteiger partial charge on any atom is 0.335 e. The maximum absolute atomic E-state index is 11.8. The molecule has 1 aromatic rings. The Morgan fingerprint density at radius 3 is 2.47 bits per heavy atom. The number of carbonyl (C=O) groups excluding carboxylic acids is 1. The largest absolute Gasteiger partial charge is 0.478 e. The quantitative estimate of drug-likeness (QED) is 0.718. The summed E-state index contributed by atoms with van der Waals surface area (Å²) in [5.41, 5.74) is 0.622. The molecule has 0 bridgehead atoms. The number of carbonyl (C=O) groups is 2. The van der Waals surface area contributed by atoms with Gasteiger partial charge in [-0.05, 0) is 24.5 Å². The zero-order valence-electron chi connectivity index (χ0n) is 11.1. The molecule has 5 nitrogen and oxygen atoms in total. The summed E-state index contributed by atoms with van der Waals surface area (Å²) in [7, 11) is 0. The highest BCUT2D eigenvalue weighted by molar-refractivity contribution is 5.91. The van der Waals surface area contributed by atoms with E-state index in [0.717, 1.165) is 0 Å². The van der Waals surface area contributed by atoms with E-state index in [1.54, 1.807) is 18.2 Å². The highest BCUT2D eigenvalue weighted by atomic mass is 16.4. The summed E-state index contributed by atoms with van der Waals surface area (Å²) in [6.07, 6.45) is 0.0188. The van der Waals surface area contributed by atoms with Gasteiger partial charge in [0.15, 0.2) is 0 Å². The highest BCUT2D eigenvalue weighted by Gasteiger charge is 2.16. The molecule has 0 aliphatic rings. The van der Waals surface area contributed by atoms with Crippen LogP contribution in [-0.2, 0) is 11.2 Å². The lowest BCUT2D eigenvalue weighted by atomic mass is 10.0. The predicted octanol–water partition coefficient (Wildman–Crippen LogP) is 1.06. The number of carboxylic acid groups (broad SMARTS) is 1. The predicted molar refractivity (Wildman–Crippen MR) is 71.0 cm³/mol. The number of hydrogen-bond donors (Lipinski definition) is 3. The molecule has 1 aromatic carbocycles. The molecule has 2 unspecified atom stereocenters. The van der Waals surface area contributed by atoms with Gasteiger partial charge in [0, 0.05) is 12.6 Å². The van der Waals surface area contributed by atoms with Gasteiger partial charge in [0.2, 0.25) is 5.91 Å². The minimum absolute atomic E-state index is 0.00679. The molecule has 0 aliphatic carbocycles. The molecule has 0 saturated heterocycles. The Morgan fingerprint density at radius 1 is 1.26 bits per heavy atom. The van der Waals surface area contributed by atoms with E-state index < -0.39 is 5.97 Å². The monoisotopic (exact) mass is 265 g/mol. The van der Waals surface area contributed by atoms with Crippen molar-refractivity contribution in [3.63, 3.8) is 0 Å². The Bertz CT molecular complexity index is 459. The molecule has 3 N–H and O–H groups in total. The number of aromatic carboxylic acids is 1. The van der Waals surface area contributed by atoms with Crippen molar-refractivity contribution in [2.24, 2.45) is 5.92 Å². The highest BCUT2D eigenvalue weighted by Crippen LogP contribution is 2.10. The molecular formula is C14H19NO4. The van der Waals surface area contributed by atoms with Crippen LogP contribution in [0.2, 0.25) is 0 Å². The van der Waals surface area contributed by atoms with Crippen molar-refractivity contribution in [2.75, 3.05) is 6.61 Å². The van der Waals surface area contributed by atoms with E-state index in [9.17, 15) is 9.59 Å². The lowest BCUT2D eigenvalue weighted by Gasteiger charge is -2.19. The van der Waals surface area contributed by atoms with Gasteiger partial charge >= 0.3 is 5.97 Å². The number of hydrogen-bond acceptors (Lipinski definition) is 3. The van der Waals surface area contributed by atoms with Crippen LogP contribution >= 0.6 is 0 Å². The van der Waals surface area contributed by atoms with Gasteiger partial charge in [-0.25, -0.2) is 4.79 Å². The molecule has 0 saturated carbocycles. The average molecular weight is 265 g/mol. The van der Waals surface area contributed by atoms with Crippen molar-refractivity contribution < 1.29 is 19.8 Å². The first kappa shape index (κ1) is 15.2. The molecule has 104 valence electrons. The van der Waals surface area contributed by atoms with Crippen LogP contribution in [0.4, 0.5) is 0 Å². The lowest BCUT2D eigenvalue weighted by Crippen LogP contribution is -2.39. The maximum atomic E-state index is 11.8. The Kier molecular flexibility index (Phi) is 5.51. The zero-order chi connectivity index (χ0) is 14.4. The summed E-state index contributed by atoms with van der Waals surface area (Å²) in [5, 5.41) is 20.8. The van der Waals surface area contributed by atoms with Gasteiger partial charge < -0.3 is 15.5 Å². The molecule has 0 fully saturated rings. The molecule has 2 atom stereocenters. The third kappa shape index (κ3) is 4.37. The van der Waals surface area contributed by atoms with Crippen molar-refractivity contribution in [3.05, 3.63) is 35.4 Å². The summed E-state index contributed by atoms with van der Waals surface area (Å²) < 4.78 is 0. The molecule has 19 heavy (non-hydrogen) atoms. The summed E-state index contributed by atoms with van der Waals surface area (Å²) in [6, 6.07) is 6.28. The average Bonchev–Trinajstić information content (AvgIpc) is 2.37. The molecule has 0 radical (unpaired) electrons. The van der Waals surface area contributed by atoms with E-state index in [-0.39, 0.29) is 36.5 Å². The Hall–Kier alpha value is -1.88. The Morgan fingerprint density at radius 2 is 1.89 bits per heavy atom. The van der Waals surface area contributed by atoms with Gasteiger partial charge in [-0.2, -0.15) is 0 Å². The number of benzene rings is 1. The topological polar surface area (TPSA) is 86.6 Å². The molecule has 0 heterocycles. The first-order valence-electron chi connectivity index (χ1n) is 6.17. The third-order valence-corrected chi connectivity index (χ3v) is 3.13. The second-order valence-corrected chi connectivity index (χ2v) is 4.66. The fourth-order valence-corrected chi connectivity index (χ4v) is 1.66. The first-order chi connectivity index (χ1) is 8.95. The minimum Gasteiger partial charge on any atom is -0.478 e. The summed E-state index contributed by atoms with van der Waals surface area (Å²) >= 11 is 0. The SMILES string of the molecule is CC(CO)C(C)NC(=O)Cc1ccccc1C(=O)O. The fraction of sp³-hybridized carbons (Fsp3) is 0.429. The third-order valence-electron chi connectivity index (χ3n) is 3.13. The van der Waals surface area contributed by atoms with Gasteiger partial charge in [-0.15, -0.1) is 0 Å². The number of aliphatic hydroxyl groups is 1. The number of amides is 1. The molecule has 1 amide bonds. The van der Waals surface area contributed by atoms with Gasteiger partial charge in [0.25, 0.3) is 0 Å². The molecule has 0 spiro atoms. The van der Waals surface area contributed by atoms with Crippen molar-refractivity contribution in [2.45, 2.75) is 26.3 Å². The van der Waals surface area contributed by atoms with Crippen molar-refractivity contribution in [3.8, 4) is 0 Å². The molecule has 1 rings (SSSR count). The number of carboxylic acids is 1. The van der Waals surface area contributed by atoms with Gasteiger partial charge in [0.05, 0.1) is 12.0 Å². The van der Waals surface area contributed by atoms with Crippen LogP contribution in [0.15, 0.2) is 24.3 Å². The first-order valence-corrected chi connectivity index (χ1v) is 6.17. The van der Waals surface area contributed by atoms with Crippen molar-refractivity contribution in [1.82, 2.24) is 5.32 Å². The molecule has 5 heteroatoms. The van der Waals surface area contributed by atoms with E-state index >= 15 is 0 Å². The van der Waals surface area contributed by atoms with Gasteiger partial charge in [-0.3, -0.25) is 4.79 Å². The standard InChI is InChI=1S/C14H19NO4/c1-9(8-16)10(2)15-13(17)7-11-5-3-4-6-12(11)14(18)19/h3-6,9-10,16H,7-8H2,1-2H3,(H,15,17)(H,18,19). The van der Waals surface area contributed by atoms with Crippen molar-refractivity contribution in [1.29, 1.82) is 0 Å². The van der Waals surface area contributed by atoms with E-state index in [1.807, 2.05) is 13.8 Å². The number of aliphatic hydroxyl groups excluding tert-OH is 1. The van der Waals surface area contributed by atoms with Crippen LogP contribution in [0.1, 0.15) is 29.8 Å². The van der Waals surface area contributed by atoms with E-state index in [4.69, 9.17) is 10.2 Å². The zero-order valence-corrected chi connectivity index (χ0v) is 11.1. The van der Waals surface area contributed by atoms with Gasteiger partial charge in [0.1, 0.15) is 0 Å². The van der Waals surface area contributed by atoms with Crippen molar-refractivity contribution >= 4 is 11.9 Å². The normalized spacial score (nSPS) is 13.6. The summed E-state index contributed by atoms with van der Waals surface area (Å²) in [6.45, 7) is 3.63. The van der Waals surface area contributed by atoms with E-state index in [0.29, 0.717) is 5.56 Å². The Labute approximate surface area is 112 Å². The van der Waals surface area contributed by atoms with Crippen LogP contribution in [0, 0.1) is 5.92 Å². The number of nitrogens with one attached hydrogen (secondary N) is 1. The molecule has 0 aliphatic heterocycles. The van der Waals surface area contributed by atoms with Crippen LogP contribution in [0.3, 0.4) is 0 Å². The Balaban J connectivity index is 2.70. The summed E-state index contributed by atoms with van der Waals surface area (Å²) in [4.78, 5) is 22.8. The molecule has 0 aromatic heterocycles. The summed E-state index contributed by atoms with van der Waals surface area (Å²) in [5.74, 6) is -1.33. The minimum atomic E-state index is -1.04. The van der Waals surface area contributed by atoms with Crippen LogP contribution in [0.5, 0.6) is 0 Å². The second kappa shape index (κ2) is 6.89. The fourth-order valence-electron chi connectivity index (χ4n) is 1.66. The van der Waals surface area contributed by atoms with Gasteiger partial charge in [-0.1, -0.05) is 25.1 Å². The van der Waals surface area contributed by atoms with Crippen LogP contribution in [0.25, 0.3) is 0 Å².